The van der Waals surface area contributed by atoms with Gasteiger partial charge in [0.1, 0.15) is 11.5 Å². The molecule has 0 aliphatic rings. The molecule has 0 bridgehead atoms. The third kappa shape index (κ3) is 5.77. The van der Waals surface area contributed by atoms with Gasteiger partial charge in [0.25, 0.3) is 17.5 Å². The number of carbonyl (C=O) groups is 2. The van der Waals surface area contributed by atoms with Crippen molar-refractivity contribution in [3.05, 3.63) is 110 Å². The van der Waals surface area contributed by atoms with Gasteiger partial charge in [-0.25, -0.2) is 4.39 Å². The van der Waals surface area contributed by atoms with Crippen molar-refractivity contribution < 1.29 is 18.9 Å². The van der Waals surface area contributed by atoms with Crippen LogP contribution in [-0.2, 0) is 4.79 Å². The Morgan fingerprint density at radius 1 is 1.06 bits per heavy atom. The van der Waals surface area contributed by atoms with Gasteiger partial charge >= 0.3 is 0 Å². The van der Waals surface area contributed by atoms with Crippen LogP contribution in [0.2, 0.25) is 5.02 Å². The average molecular weight is 454 g/mol. The van der Waals surface area contributed by atoms with Crippen LogP contribution in [0.25, 0.3) is 6.08 Å². The molecule has 0 radical (unpaired) electrons. The zero-order chi connectivity index (χ0) is 23.3. The number of hydrogen-bond acceptors (Lipinski definition) is 4. The van der Waals surface area contributed by atoms with Crippen molar-refractivity contribution in [3.8, 4) is 0 Å². The minimum atomic E-state index is -0.745. The Balaban J connectivity index is 1.95. The molecule has 0 aliphatic carbocycles. The van der Waals surface area contributed by atoms with Gasteiger partial charge in [0, 0.05) is 17.8 Å². The van der Waals surface area contributed by atoms with Gasteiger partial charge in [-0.05, 0) is 48.9 Å². The van der Waals surface area contributed by atoms with Crippen molar-refractivity contribution >= 4 is 40.9 Å². The highest BCUT2D eigenvalue weighted by molar-refractivity contribution is 6.34. The van der Waals surface area contributed by atoms with Crippen LogP contribution in [0.4, 0.5) is 15.8 Å². The highest BCUT2D eigenvalue weighted by Gasteiger charge is 2.18. The Kier molecular flexibility index (Phi) is 6.97. The fourth-order valence-electron chi connectivity index (χ4n) is 2.75. The first-order chi connectivity index (χ1) is 15.2. The van der Waals surface area contributed by atoms with Crippen molar-refractivity contribution in [2.24, 2.45) is 0 Å². The molecule has 0 fully saturated rings. The molecule has 32 heavy (non-hydrogen) atoms. The summed E-state index contributed by atoms with van der Waals surface area (Å²) in [5.41, 5.74) is 1.40. The Morgan fingerprint density at radius 3 is 2.44 bits per heavy atom. The quantitative estimate of drug-likeness (QED) is 0.308. The van der Waals surface area contributed by atoms with Crippen LogP contribution in [0, 0.1) is 22.9 Å². The molecule has 0 heterocycles. The third-order valence-corrected chi connectivity index (χ3v) is 4.68. The Morgan fingerprint density at radius 2 is 1.78 bits per heavy atom. The van der Waals surface area contributed by atoms with Crippen LogP contribution in [0.5, 0.6) is 0 Å². The summed E-state index contributed by atoms with van der Waals surface area (Å²) in [5.74, 6) is -2.02. The molecular formula is C23H17ClFN3O4. The number of nitrogens with one attached hydrogen (secondary N) is 2. The summed E-state index contributed by atoms with van der Waals surface area (Å²) in [6.07, 6.45) is 1.30. The minimum absolute atomic E-state index is 0.0406. The van der Waals surface area contributed by atoms with Gasteiger partial charge in [0.2, 0.25) is 0 Å². The normalized spacial score (nSPS) is 11.0. The average Bonchev–Trinajstić information content (AvgIpc) is 2.75. The van der Waals surface area contributed by atoms with E-state index in [0.717, 1.165) is 17.7 Å². The van der Waals surface area contributed by atoms with E-state index in [2.05, 4.69) is 10.6 Å². The molecule has 0 unspecified atom stereocenters. The summed E-state index contributed by atoms with van der Waals surface area (Å²) < 4.78 is 13.3. The smallest absolute Gasteiger partial charge is 0.272 e. The lowest BCUT2D eigenvalue weighted by atomic mass is 10.1. The summed E-state index contributed by atoms with van der Waals surface area (Å²) in [7, 11) is 0. The summed E-state index contributed by atoms with van der Waals surface area (Å²) in [6, 6.07) is 15.8. The SMILES string of the molecule is Cc1ccc(NC(=O)/C(=C/c2cccc([N+](=O)[O-])c2)NC(=O)c2ccc(F)cc2Cl)cc1. The second kappa shape index (κ2) is 9.84. The highest BCUT2D eigenvalue weighted by atomic mass is 35.5. The number of hydrogen-bond donors (Lipinski definition) is 2. The largest absolute Gasteiger partial charge is 0.321 e. The fourth-order valence-corrected chi connectivity index (χ4v) is 3.00. The van der Waals surface area contributed by atoms with Crippen LogP contribution in [0.15, 0.2) is 72.4 Å². The topological polar surface area (TPSA) is 101 Å². The van der Waals surface area contributed by atoms with E-state index >= 15 is 0 Å². The second-order valence-corrected chi connectivity index (χ2v) is 7.22. The van der Waals surface area contributed by atoms with Gasteiger partial charge in [-0.2, -0.15) is 0 Å². The predicted molar refractivity (Wildman–Crippen MR) is 120 cm³/mol. The number of benzene rings is 3. The van der Waals surface area contributed by atoms with E-state index in [9.17, 15) is 24.1 Å². The Bertz CT molecular complexity index is 1230. The molecule has 2 amide bonds. The van der Waals surface area contributed by atoms with Gasteiger partial charge in [-0.1, -0.05) is 41.4 Å². The maximum atomic E-state index is 13.3. The molecule has 0 aliphatic heterocycles. The summed E-state index contributed by atoms with van der Waals surface area (Å²) in [6.45, 7) is 1.89. The van der Waals surface area contributed by atoms with Crippen LogP contribution in [0.3, 0.4) is 0 Å². The van der Waals surface area contributed by atoms with Crippen LogP contribution in [0.1, 0.15) is 21.5 Å². The van der Waals surface area contributed by atoms with Crippen molar-refractivity contribution in [2.45, 2.75) is 6.92 Å². The molecule has 0 atom stereocenters. The van der Waals surface area contributed by atoms with Crippen LogP contribution < -0.4 is 10.6 Å². The monoisotopic (exact) mass is 453 g/mol. The number of amides is 2. The number of nitro benzene ring substituents is 1. The first kappa shape index (κ1) is 22.6. The number of anilines is 1. The lowest BCUT2D eigenvalue weighted by molar-refractivity contribution is -0.384. The molecule has 3 aromatic carbocycles. The molecule has 3 rings (SSSR count). The second-order valence-electron chi connectivity index (χ2n) is 6.81. The minimum Gasteiger partial charge on any atom is -0.321 e. The molecule has 0 saturated carbocycles. The lowest BCUT2D eigenvalue weighted by Gasteiger charge is -2.12. The van der Waals surface area contributed by atoms with Gasteiger partial charge in [-0.15, -0.1) is 0 Å². The van der Waals surface area contributed by atoms with E-state index in [1.807, 2.05) is 6.92 Å². The summed E-state index contributed by atoms with van der Waals surface area (Å²) >= 11 is 5.95. The van der Waals surface area contributed by atoms with E-state index < -0.39 is 22.6 Å². The number of carbonyl (C=O) groups excluding carboxylic acids is 2. The molecule has 9 heteroatoms. The number of nitro groups is 1. The lowest BCUT2D eigenvalue weighted by Crippen LogP contribution is -2.31. The standard InChI is InChI=1S/C23H17ClFN3O4/c1-14-5-8-17(9-6-14)26-23(30)21(12-15-3-2-4-18(11-15)28(31)32)27-22(29)19-10-7-16(25)13-20(19)24/h2-13H,1H3,(H,26,30)(H,27,29)/b21-12-. The van der Waals surface area contributed by atoms with Crippen LogP contribution in [-0.4, -0.2) is 16.7 Å². The Hall–Kier alpha value is -4.04. The van der Waals surface area contributed by atoms with E-state index in [-0.39, 0.29) is 22.0 Å². The first-order valence-corrected chi connectivity index (χ1v) is 9.71. The maximum absolute atomic E-state index is 13.3. The van der Waals surface area contributed by atoms with Gasteiger partial charge < -0.3 is 10.6 Å². The predicted octanol–water partition coefficient (Wildman–Crippen LogP) is 5.11. The summed E-state index contributed by atoms with van der Waals surface area (Å²) in [4.78, 5) is 36.1. The summed E-state index contributed by atoms with van der Waals surface area (Å²) in [5, 5.41) is 16.0. The molecule has 0 aromatic heterocycles. The maximum Gasteiger partial charge on any atom is 0.272 e. The Labute approximate surface area is 187 Å². The fraction of sp³-hybridized carbons (Fsp3) is 0.0435. The number of non-ortho nitro benzene ring substituents is 1. The van der Waals surface area contributed by atoms with Gasteiger partial charge in [-0.3, -0.25) is 19.7 Å². The van der Waals surface area contributed by atoms with Gasteiger partial charge in [0.05, 0.1) is 15.5 Å². The number of nitrogens with zero attached hydrogens (tertiary/aromatic N) is 1. The van der Waals surface area contributed by atoms with Crippen LogP contribution >= 0.6 is 11.6 Å². The first-order valence-electron chi connectivity index (χ1n) is 9.33. The highest BCUT2D eigenvalue weighted by Crippen LogP contribution is 2.19. The third-order valence-electron chi connectivity index (χ3n) is 4.37. The number of rotatable bonds is 6. The molecule has 0 saturated heterocycles. The molecule has 162 valence electrons. The van der Waals surface area contributed by atoms with Crippen molar-refractivity contribution in [1.82, 2.24) is 5.32 Å². The zero-order valence-corrected chi connectivity index (χ0v) is 17.5. The van der Waals surface area contributed by atoms with E-state index in [1.165, 1.54) is 30.3 Å². The van der Waals surface area contributed by atoms with E-state index in [0.29, 0.717) is 11.3 Å². The molecular weight excluding hydrogens is 437 g/mol. The van der Waals surface area contributed by atoms with E-state index in [1.54, 1.807) is 30.3 Å². The number of halogens is 2. The molecule has 7 nitrogen and oxygen atoms in total. The number of aryl methyl sites for hydroxylation is 1. The van der Waals surface area contributed by atoms with E-state index in [4.69, 9.17) is 11.6 Å². The van der Waals surface area contributed by atoms with Gasteiger partial charge in [0.15, 0.2) is 0 Å². The van der Waals surface area contributed by atoms with Crippen molar-refractivity contribution in [2.75, 3.05) is 5.32 Å². The van der Waals surface area contributed by atoms with Crippen molar-refractivity contribution in [3.63, 3.8) is 0 Å². The molecule has 2 N–H and O–H groups in total. The molecule has 0 spiro atoms. The van der Waals surface area contributed by atoms with Crippen molar-refractivity contribution in [1.29, 1.82) is 0 Å². The zero-order valence-electron chi connectivity index (χ0n) is 16.8. The molecule has 3 aromatic rings.